The van der Waals surface area contributed by atoms with Gasteiger partial charge >= 0.3 is 0 Å². The smallest absolute Gasteiger partial charge is 0.222 e. The number of hydrogen-bond donors (Lipinski definition) is 0. The lowest BCUT2D eigenvalue weighted by Crippen LogP contribution is -2.39. The van der Waals surface area contributed by atoms with Crippen LogP contribution >= 0.6 is 0 Å². The van der Waals surface area contributed by atoms with Crippen molar-refractivity contribution >= 4 is 5.91 Å². The molecular formula is C12H20N4O. The summed E-state index contributed by atoms with van der Waals surface area (Å²) in [6, 6.07) is 0.361. The van der Waals surface area contributed by atoms with Crippen molar-refractivity contribution in [1.82, 2.24) is 19.9 Å². The number of carbonyl (C=O) groups excluding carboxylic acids is 1. The molecule has 0 bridgehead atoms. The fourth-order valence-electron chi connectivity index (χ4n) is 2.25. The van der Waals surface area contributed by atoms with Gasteiger partial charge in [0, 0.05) is 19.5 Å². The number of piperidine rings is 1. The highest BCUT2D eigenvalue weighted by molar-refractivity contribution is 5.76. The Bertz CT molecular complexity index is 341. The summed E-state index contributed by atoms with van der Waals surface area (Å²) in [5.41, 5.74) is 0. The first-order valence-corrected chi connectivity index (χ1v) is 6.45. The molecule has 17 heavy (non-hydrogen) atoms. The van der Waals surface area contributed by atoms with Crippen molar-refractivity contribution in [2.45, 2.75) is 45.1 Å². The van der Waals surface area contributed by atoms with Gasteiger partial charge in [0.15, 0.2) is 0 Å². The molecule has 0 saturated carbocycles. The molecule has 1 aliphatic heterocycles. The van der Waals surface area contributed by atoms with E-state index in [1.807, 2.05) is 4.90 Å². The van der Waals surface area contributed by atoms with E-state index in [1.165, 1.54) is 0 Å². The third-order valence-electron chi connectivity index (χ3n) is 3.32. The van der Waals surface area contributed by atoms with Crippen molar-refractivity contribution in [2.24, 2.45) is 0 Å². The third kappa shape index (κ3) is 3.05. The Morgan fingerprint density at radius 2 is 1.94 bits per heavy atom. The molecule has 1 saturated heterocycles. The maximum absolute atomic E-state index is 11.8. The zero-order valence-electron chi connectivity index (χ0n) is 10.4. The monoisotopic (exact) mass is 236 g/mol. The summed E-state index contributed by atoms with van der Waals surface area (Å²) in [6.07, 6.45) is 8.12. The van der Waals surface area contributed by atoms with Crippen LogP contribution in [0.4, 0.5) is 0 Å². The Morgan fingerprint density at radius 3 is 2.53 bits per heavy atom. The summed E-state index contributed by atoms with van der Waals surface area (Å²) in [6.45, 7) is 3.80. The maximum Gasteiger partial charge on any atom is 0.222 e. The zero-order chi connectivity index (χ0) is 12.1. The second-order valence-electron chi connectivity index (χ2n) is 4.56. The quantitative estimate of drug-likeness (QED) is 0.798. The van der Waals surface area contributed by atoms with Crippen LogP contribution < -0.4 is 0 Å². The predicted molar refractivity (Wildman–Crippen MR) is 64.4 cm³/mol. The second-order valence-corrected chi connectivity index (χ2v) is 4.56. The van der Waals surface area contributed by atoms with Crippen LogP contribution in [-0.4, -0.2) is 38.9 Å². The van der Waals surface area contributed by atoms with Crippen molar-refractivity contribution in [3.05, 3.63) is 12.4 Å². The molecule has 0 spiro atoms. The fourth-order valence-corrected chi connectivity index (χ4v) is 2.25. The first kappa shape index (κ1) is 12.1. The number of aromatic nitrogens is 3. The molecule has 0 N–H and O–H groups in total. The van der Waals surface area contributed by atoms with Crippen molar-refractivity contribution in [1.29, 1.82) is 0 Å². The highest BCUT2D eigenvalue weighted by Gasteiger charge is 2.23. The fraction of sp³-hybridized carbons (Fsp3) is 0.750. The molecule has 1 amide bonds. The molecule has 0 aliphatic carbocycles. The van der Waals surface area contributed by atoms with Crippen molar-refractivity contribution in [2.75, 3.05) is 13.1 Å². The minimum absolute atomic E-state index is 0.304. The van der Waals surface area contributed by atoms with E-state index < -0.39 is 0 Å². The lowest BCUT2D eigenvalue weighted by molar-refractivity contribution is -0.132. The van der Waals surface area contributed by atoms with Crippen molar-refractivity contribution in [3.63, 3.8) is 0 Å². The van der Waals surface area contributed by atoms with Gasteiger partial charge in [-0.3, -0.25) is 4.79 Å². The Balaban J connectivity index is 1.80. The SMILES string of the molecule is CCCCC(=O)N1CCC(n2nccn2)CC1. The molecule has 0 unspecified atom stereocenters. The van der Waals surface area contributed by atoms with Crippen LogP contribution in [0.15, 0.2) is 12.4 Å². The number of likely N-dealkylation sites (tertiary alicyclic amines) is 1. The molecule has 2 heterocycles. The lowest BCUT2D eigenvalue weighted by Gasteiger charge is -2.31. The van der Waals surface area contributed by atoms with E-state index in [2.05, 4.69) is 17.1 Å². The van der Waals surface area contributed by atoms with Gasteiger partial charge in [0.1, 0.15) is 0 Å². The Morgan fingerprint density at radius 1 is 1.29 bits per heavy atom. The molecule has 1 fully saturated rings. The number of nitrogens with zero attached hydrogens (tertiary/aromatic N) is 4. The summed E-state index contributed by atoms with van der Waals surface area (Å²) in [4.78, 5) is 15.6. The van der Waals surface area contributed by atoms with Gasteiger partial charge in [0.25, 0.3) is 0 Å². The van der Waals surface area contributed by atoms with Crippen LogP contribution in [0.1, 0.15) is 45.1 Å². The van der Waals surface area contributed by atoms with Crippen LogP contribution in [0.3, 0.4) is 0 Å². The molecule has 0 aromatic carbocycles. The third-order valence-corrected chi connectivity index (χ3v) is 3.32. The lowest BCUT2D eigenvalue weighted by atomic mass is 10.1. The van der Waals surface area contributed by atoms with Gasteiger partial charge in [-0.15, -0.1) is 0 Å². The zero-order valence-corrected chi connectivity index (χ0v) is 10.4. The Hall–Kier alpha value is -1.39. The van der Waals surface area contributed by atoms with Gasteiger partial charge in [-0.25, -0.2) is 0 Å². The Labute approximate surface area is 102 Å². The van der Waals surface area contributed by atoms with Crippen LogP contribution in [-0.2, 0) is 4.79 Å². The number of rotatable bonds is 4. The van der Waals surface area contributed by atoms with Crippen LogP contribution in [0.2, 0.25) is 0 Å². The van der Waals surface area contributed by atoms with Gasteiger partial charge in [0.05, 0.1) is 18.4 Å². The molecule has 0 atom stereocenters. The van der Waals surface area contributed by atoms with E-state index in [-0.39, 0.29) is 0 Å². The number of carbonyl (C=O) groups is 1. The summed E-state index contributed by atoms with van der Waals surface area (Å²) >= 11 is 0. The van der Waals surface area contributed by atoms with E-state index in [9.17, 15) is 4.79 Å². The van der Waals surface area contributed by atoms with Crippen molar-refractivity contribution < 1.29 is 4.79 Å². The molecule has 5 nitrogen and oxygen atoms in total. The summed E-state index contributed by atoms with van der Waals surface area (Å²) < 4.78 is 0. The average Bonchev–Trinajstić information content (AvgIpc) is 2.90. The minimum atomic E-state index is 0.304. The largest absolute Gasteiger partial charge is 0.343 e. The highest BCUT2D eigenvalue weighted by Crippen LogP contribution is 2.21. The number of amides is 1. The van der Waals surface area contributed by atoms with Gasteiger partial charge in [-0.05, 0) is 19.3 Å². The average molecular weight is 236 g/mol. The summed E-state index contributed by atoms with van der Waals surface area (Å²) in [5.74, 6) is 0.304. The molecule has 0 radical (unpaired) electrons. The van der Waals surface area contributed by atoms with Crippen LogP contribution in [0.5, 0.6) is 0 Å². The molecule has 1 aromatic rings. The van der Waals surface area contributed by atoms with Crippen molar-refractivity contribution in [3.8, 4) is 0 Å². The summed E-state index contributed by atoms with van der Waals surface area (Å²) in [7, 11) is 0. The van der Waals surface area contributed by atoms with E-state index in [0.717, 1.165) is 38.8 Å². The molecule has 1 aliphatic rings. The predicted octanol–water partition coefficient (Wildman–Crippen LogP) is 1.63. The van der Waals surface area contributed by atoms with Gasteiger partial charge in [0.2, 0.25) is 5.91 Å². The second kappa shape index (κ2) is 5.80. The number of unbranched alkanes of at least 4 members (excludes halogenated alkanes) is 1. The molecule has 2 rings (SSSR count). The molecule has 94 valence electrons. The molecule has 5 heteroatoms. The first-order chi connectivity index (χ1) is 8.31. The van der Waals surface area contributed by atoms with Crippen LogP contribution in [0.25, 0.3) is 0 Å². The van der Waals surface area contributed by atoms with Crippen LogP contribution in [0, 0.1) is 0 Å². The van der Waals surface area contributed by atoms with Gasteiger partial charge in [-0.1, -0.05) is 13.3 Å². The standard InChI is InChI=1S/C12H20N4O/c1-2-3-4-12(17)15-9-5-11(6-10-15)16-13-7-8-14-16/h7-8,11H,2-6,9-10H2,1H3. The summed E-state index contributed by atoms with van der Waals surface area (Å²) in [5, 5.41) is 8.32. The topological polar surface area (TPSA) is 51.0 Å². The first-order valence-electron chi connectivity index (χ1n) is 6.45. The molecular weight excluding hydrogens is 216 g/mol. The number of hydrogen-bond acceptors (Lipinski definition) is 3. The molecule has 1 aromatic heterocycles. The van der Waals surface area contributed by atoms with E-state index >= 15 is 0 Å². The Kier molecular flexibility index (Phi) is 4.12. The van der Waals surface area contributed by atoms with E-state index in [4.69, 9.17) is 0 Å². The minimum Gasteiger partial charge on any atom is -0.343 e. The van der Waals surface area contributed by atoms with Gasteiger partial charge in [-0.2, -0.15) is 15.0 Å². The van der Waals surface area contributed by atoms with E-state index in [1.54, 1.807) is 17.2 Å². The normalized spacial score (nSPS) is 17.4. The highest BCUT2D eigenvalue weighted by atomic mass is 16.2. The van der Waals surface area contributed by atoms with E-state index in [0.29, 0.717) is 18.4 Å². The van der Waals surface area contributed by atoms with Gasteiger partial charge < -0.3 is 4.90 Å². The maximum atomic E-state index is 11.8.